The monoisotopic (exact) mass is 356 g/mol. The van der Waals surface area contributed by atoms with E-state index in [1.54, 1.807) is 18.1 Å². The third-order valence-electron chi connectivity index (χ3n) is 4.33. The van der Waals surface area contributed by atoms with Crippen LogP contribution in [0.25, 0.3) is 0 Å². The van der Waals surface area contributed by atoms with Crippen molar-refractivity contribution in [3.8, 4) is 0 Å². The number of urea groups is 1. The van der Waals surface area contributed by atoms with Gasteiger partial charge in [0.05, 0.1) is 19.4 Å². The van der Waals surface area contributed by atoms with E-state index in [2.05, 4.69) is 39.8 Å². The minimum atomic E-state index is -0.178. The van der Waals surface area contributed by atoms with Crippen LogP contribution in [0.4, 0.5) is 27.9 Å². The molecule has 2 amide bonds. The van der Waals surface area contributed by atoms with Gasteiger partial charge in [-0.25, -0.2) is 9.78 Å². The van der Waals surface area contributed by atoms with Crippen LogP contribution >= 0.6 is 0 Å². The highest BCUT2D eigenvalue weighted by molar-refractivity contribution is 5.92. The Balaban J connectivity index is 1.72. The lowest BCUT2D eigenvalue weighted by Gasteiger charge is -2.27. The summed E-state index contributed by atoms with van der Waals surface area (Å²) in [6.07, 6.45) is 1.60. The first-order valence-electron chi connectivity index (χ1n) is 8.59. The quantitative estimate of drug-likeness (QED) is 0.780. The molecule has 3 N–H and O–H groups in total. The predicted octanol–water partition coefficient (Wildman–Crippen LogP) is 2.74. The van der Waals surface area contributed by atoms with Crippen LogP contribution in [0, 0.1) is 13.8 Å². The van der Waals surface area contributed by atoms with Crippen LogP contribution in [0.15, 0.2) is 24.4 Å². The maximum absolute atomic E-state index is 12.3. The normalized spacial score (nSPS) is 14.0. The molecule has 1 aromatic carbocycles. The number of aryl methyl sites for hydroxylation is 2. The predicted molar refractivity (Wildman–Crippen MR) is 102 cm³/mol. The summed E-state index contributed by atoms with van der Waals surface area (Å²) in [6.45, 7) is 6.40. The number of aromatic nitrogens is 2. The van der Waals surface area contributed by atoms with Crippen molar-refractivity contribution in [2.45, 2.75) is 13.8 Å². The maximum atomic E-state index is 12.3. The largest absolute Gasteiger partial charge is 0.378 e. The molecule has 0 saturated carbocycles. The van der Waals surface area contributed by atoms with Crippen LogP contribution in [-0.2, 0) is 4.74 Å². The molecule has 0 aliphatic carbocycles. The smallest absolute Gasteiger partial charge is 0.322 e. The highest BCUT2D eigenvalue weighted by atomic mass is 16.5. The fourth-order valence-electron chi connectivity index (χ4n) is 2.63. The zero-order valence-corrected chi connectivity index (χ0v) is 15.3. The standard InChI is InChI=1S/C18H24N6O2/c1-12-4-5-14(10-13(12)2)21-17-20-11-15(16(19-3)23-17)22-18(25)24-6-8-26-9-7-24/h4-5,10-11H,6-9H2,1-3H3,(H,22,25)(H2,19,20,21,23). The molecule has 8 nitrogen and oxygen atoms in total. The van der Waals surface area contributed by atoms with Gasteiger partial charge < -0.3 is 25.6 Å². The Morgan fingerprint density at radius 2 is 1.96 bits per heavy atom. The van der Waals surface area contributed by atoms with E-state index in [1.807, 2.05) is 18.2 Å². The van der Waals surface area contributed by atoms with Crippen molar-refractivity contribution in [2.75, 3.05) is 49.3 Å². The molecule has 0 spiro atoms. The van der Waals surface area contributed by atoms with Gasteiger partial charge in [0.15, 0.2) is 5.82 Å². The minimum absolute atomic E-state index is 0.178. The molecule has 0 bridgehead atoms. The average molecular weight is 356 g/mol. The van der Waals surface area contributed by atoms with E-state index in [-0.39, 0.29) is 6.03 Å². The first-order chi connectivity index (χ1) is 12.6. The Labute approximate surface area is 153 Å². The number of hydrogen-bond donors (Lipinski definition) is 3. The highest BCUT2D eigenvalue weighted by Crippen LogP contribution is 2.22. The molecule has 2 aromatic rings. The zero-order chi connectivity index (χ0) is 18.5. The van der Waals surface area contributed by atoms with Gasteiger partial charge in [0.1, 0.15) is 5.69 Å². The first kappa shape index (κ1) is 17.9. The fraction of sp³-hybridized carbons (Fsp3) is 0.389. The van der Waals surface area contributed by atoms with Crippen molar-refractivity contribution >= 4 is 29.2 Å². The van der Waals surface area contributed by atoms with Gasteiger partial charge in [0.25, 0.3) is 0 Å². The number of ether oxygens (including phenoxy) is 1. The van der Waals surface area contributed by atoms with Crippen molar-refractivity contribution in [3.05, 3.63) is 35.5 Å². The molecule has 2 heterocycles. The summed E-state index contributed by atoms with van der Waals surface area (Å²) in [5.41, 5.74) is 3.88. The van der Waals surface area contributed by atoms with Crippen LogP contribution in [-0.4, -0.2) is 54.2 Å². The molecule has 0 unspecified atom stereocenters. The molecule has 1 aromatic heterocycles. The number of anilines is 4. The van der Waals surface area contributed by atoms with Crippen molar-refractivity contribution < 1.29 is 9.53 Å². The summed E-state index contributed by atoms with van der Waals surface area (Å²) in [5, 5.41) is 9.05. The van der Waals surface area contributed by atoms with Crippen LogP contribution < -0.4 is 16.0 Å². The number of morpholine rings is 1. The van der Waals surface area contributed by atoms with Gasteiger partial charge in [-0.3, -0.25) is 0 Å². The molecule has 3 rings (SSSR count). The van der Waals surface area contributed by atoms with Gasteiger partial charge in [0.2, 0.25) is 5.95 Å². The summed E-state index contributed by atoms with van der Waals surface area (Å²) in [4.78, 5) is 22.8. The lowest BCUT2D eigenvalue weighted by Crippen LogP contribution is -2.43. The topological polar surface area (TPSA) is 91.4 Å². The summed E-state index contributed by atoms with van der Waals surface area (Å²) in [6, 6.07) is 5.90. The molecule has 26 heavy (non-hydrogen) atoms. The number of rotatable bonds is 4. The highest BCUT2D eigenvalue weighted by Gasteiger charge is 2.18. The number of nitrogens with zero attached hydrogens (tertiary/aromatic N) is 3. The minimum Gasteiger partial charge on any atom is -0.378 e. The SMILES string of the molecule is CNc1nc(Nc2ccc(C)c(C)c2)ncc1NC(=O)N1CCOCC1. The van der Waals surface area contributed by atoms with E-state index in [0.717, 1.165) is 5.69 Å². The number of amides is 2. The van der Waals surface area contributed by atoms with Gasteiger partial charge in [0, 0.05) is 25.8 Å². The van der Waals surface area contributed by atoms with E-state index >= 15 is 0 Å². The number of nitrogens with one attached hydrogen (secondary N) is 3. The van der Waals surface area contributed by atoms with E-state index in [9.17, 15) is 4.79 Å². The van der Waals surface area contributed by atoms with Crippen molar-refractivity contribution in [1.82, 2.24) is 14.9 Å². The average Bonchev–Trinajstić information content (AvgIpc) is 2.66. The van der Waals surface area contributed by atoms with Crippen molar-refractivity contribution in [2.24, 2.45) is 0 Å². The lowest BCUT2D eigenvalue weighted by molar-refractivity contribution is 0.0564. The van der Waals surface area contributed by atoms with Crippen molar-refractivity contribution in [3.63, 3.8) is 0 Å². The first-order valence-corrected chi connectivity index (χ1v) is 8.59. The molecule has 138 valence electrons. The summed E-state index contributed by atoms with van der Waals surface area (Å²) < 4.78 is 5.27. The van der Waals surface area contributed by atoms with Crippen LogP contribution in [0.5, 0.6) is 0 Å². The Kier molecular flexibility index (Phi) is 5.52. The zero-order valence-electron chi connectivity index (χ0n) is 15.3. The molecule has 1 aliphatic heterocycles. The Morgan fingerprint density at radius 3 is 2.65 bits per heavy atom. The van der Waals surface area contributed by atoms with Gasteiger partial charge in [-0.2, -0.15) is 4.98 Å². The summed E-state index contributed by atoms with van der Waals surface area (Å²) in [7, 11) is 1.76. The number of hydrogen-bond acceptors (Lipinski definition) is 6. The summed E-state index contributed by atoms with van der Waals surface area (Å²) in [5.74, 6) is 1.01. The Hall–Kier alpha value is -2.87. The molecule has 1 aliphatic rings. The van der Waals surface area contributed by atoms with Crippen LogP contribution in [0.2, 0.25) is 0 Å². The molecule has 8 heteroatoms. The number of carbonyl (C=O) groups is 1. The van der Waals surface area contributed by atoms with E-state index in [0.29, 0.717) is 43.8 Å². The third-order valence-corrected chi connectivity index (χ3v) is 4.33. The van der Waals surface area contributed by atoms with E-state index in [4.69, 9.17) is 4.74 Å². The third kappa shape index (κ3) is 4.20. The fourth-order valence-corrected chi connectivity index (χ4v) is 2.63. The number of carbonyl (C=O) groups excluding carboxylic acids is 1. The maximum Gasteiger partial charge on any atom is 0.322 e. The molecular formula is C18H24N6O2. The van der Waals surface area contributed by atoms with E-state index < -0.39 is 0 Å². The summed E-state index contributed by atoms with van der Waals surface area (Å²) >= 11 is 0. The second-order valence-electron chi connectivity index (χ2n) is 6.16. The van der Waals surface area contributed by atoms with E-state index in [1.165, 1.54) is 11.1 Å². The Bertz CT molecular complexity index is 789. The Morgan fingerprint density at radius 1 is 1.19 bits per heavy atom. The molecular weight excluding hydrogens is 332 g/mol. The van der Waals surface area contributed by atoms with Crippen LogP contribution in [0.1, 0.15) is 11.1 Å². The molecule has 0 radical (unpaired) electrons. The second kappa shape index (κ2) is 8.01. The van der Waals surface area contributed by atoms with Gasteiger partial charge in [-0.15, -0.1) is 0 Å². The molecule has 1 fully saturated rings. The molecule has 1 saturated heterocycles. The number of benzene rings is 1. The second-order valence-corrected chi connectivity index (χ2v) is 6.16. The lowest BCUT2D eigenvalue weighted by atomic mass is 10.1. The van der Waals surface area contributed by atoms with Crippen molar-refractivity contribution in [1.29, 1.82) is 0 Å². The van der Waals surface area contributed by atoms with Crippen LogP contribution in [0.3, 0.4) is 0 Å². The van der Waals surface area contributed by atoms with Gasteiger partial charge >= 0.3 is 6.03 Å². The molecule has 0 atom stereocenters. The van der Waals surface area contributed by atoms with Gasteiger partial charge in [-0.1, -0.05) is 6.07 Å². The van der Waals surface area contributed by atoms with Gasteiger partial charge in [-0.05, 0) is 37.1 Å².